The molecule has 0 spiro atoms. The summed E-state index contributed by atoms with van der Waals surface area (Å²) < 4.78 is 16.8. The molecule has 0 amide bonds. The number of furan rings is 1. The van der Waals surface area contributed by atoms with Crippen LogP contribution in [-0.4, -0.2) is 10.2 Å². The molecule has 0 atom stereocenters. The number of aromatic nitrogens is 2. The monoisotopic (exact) mass is 345 g/mol. The van der Waals surface area contributed by atoms with Gasteiger partial charge in [-0.1, -0.05) is 0 Å². The molecule has 2 aromatic heterocycles. The Morgan fingerprint density at radius 3 is 2.57 bits per heavy atom. The molecule has 0 aliphatic carbocycles. The summed E-state index contributed by atoms with van der Waals surface area (Å²) in [6.07, 6.45) is 0. The summed E-state index contributed by atoms with van der Waals surface area (Å²) >= 11 is 3.21. The van der Waals surface area contributed by atoms with Gasteiger partial charge < -0.3 is 13.6 Å². The van der Waals surface area contributed by atoms with Crippen molar-refractivity contribution >= 4 is 15.9 Å². The third kappa shape index (κ3) is 3.12. The van der Waals surface area contributed by atoms with Crippen LogP contribution in [-0.2, 0) is 6.61 Å². The number of hydrogen-bond donors (Lipinski definition) is 0. The van der Waals surface area contributed by atoms with Gasteiger partial charge in [-0.3, -0.25) is 0 Å². The lowest BCUT2D eigenvalue weighted by molar-refractivity contribution is 0.263. The number of hydrogen-bond acceptors (Lipinski definition) is 6. The first-order valence-electron chi connectivity index (χ1n) is 5.95. The Morgan fingerprint density at radius 2 is 1.90 bits per heavy atom. The van der Waals surface area contributed by atoms with E-state index >= 15 is 0 Å². The molecule has 0 unspecified atom stereocenters. The zero-order valence-electron chi connectivity index (χ0n) is 10.6. The molecule has 3 aromatic rings. The van der Waals surface area contributed by atoms with Crippen molar-refractivity contribution < 1.29 is 13.6 Å². The van der Waals surface area contributed by atoms with E-state index in [-0.39, 0.29) is 6.61 Å². The van der Waals surface area contributed by atoms with E-state index < -0.39 is 0 Å². The molecule has 0 N–H and O–H groups in total. The first kappa shape index (κ1) is 13.4. The summed E-state index contributed by atoms with van der Waals surface area (Å²) in [6.45, 7) is 0.140. The average Bonchev–Trinajstić information content (AvgIpc) is 3.14. The van der Waals surface area contributed by atoms with Gasteiger partial charge in [-0.25, -0.2) is 0 Å². The van der Waals surface area contributed by atoms with Gasteiger partial charge in [0, 0.05) is 0 Å². The van der Waals surface area contributed by atoms with Crippen LogP contribution in [0, 0.1) is 11.3 Å². The highest BCUT2D eigenvalue weighted by molar-refractivity contribution is 9.10. The molecule has 21 heavy (non-hydrogen) atoms. The lowest BCUT2D eigenvalue weighted by Gasteiger charge is -2.02. The highest BCUT2D eigenvalue weighted by atomic mass is 79.9. The minimum atomic E-state index is 0.140. The largest absolute Gasteiger partial charge is 0.484 e. The van der Waals surface area contributed by atoms with E-state index in [1.54, 1.807) is 36.4 Å². The van der Waals surface area contributed by atoms with Gasteiger partial charge in [0.05, 0.1) is 11.6 Å². The van der Waals surface area contributed by atoms with Crippen LogP contribution in [0.15, 0.2) is 49.9 Å². The van der Waals surface area contributed by atoms with Crippen LogP contribution >= 0.6 is 15.9 Å². The number of nitrogens with zero attached hydrogens (tertiary/aromatic N) is 3. The van der Waals surface area contributed by atoms with Crippen molar-refractivity contribution in [1.82, 2.24) is 10.2 Å². The Hall–Kier alpha value is -2.59. The highest BCUT2D eigenvalue weighted by Crippen LogP contribution is 2.24. The van der Waals surface area contributed by atoms with E-state index in [0.29, 0.717) is 33.5 Å². The highest BCUT2D eigenvalue weighted by Gasteiger charge is 2.12. The summed E-state index contributed by atoms with van der Waals surface area (Å²) in [5, 5.41) is 16.5. The van der Waals surface area contributed by atoms with Crippen molar-refractivity contribution in [2.45, 2.75) is 6.61 Å². The van der Waals surface area contributed by atoms with E-state index in [1.165, 1.54) is 0 Å². The molecular weight excluding hydrogens is 338 g/mol. The summed E-state index contributed by atoms with van der Waals surface area (Å²) in [5.74, 6) is 1.73. The molecule has 2 heterocycles. The second-order valence-corrected chi connectivity index (χ2v) is 4.81. The Bertz CT molecular complexity index is 786. The molecule has 0 saturated carbocycles. The summed E-state index contributed by atoms with van der Waals surface area (Å²) in [6, 6.07) is 12.3. The van der Waals surface area contributed by atoms with Crippen molar-refractivity contribution in [2.24, 2.45) is 0 Å². The van der Waals surface area contributed by atoms with Gasteiger partial charge in [0.2, 0.25) is 0 Å². The van der Waals surface area contributed by atoms with Crippen LogP contribution in [0.25, 0.3) is 11.7 Å². The molecule has 6 nitrogen and oxygen atoms in total. The van der Waals surface area contributed by atoms with Crippen molar-refractivity contribution in [3.63, 3.8) is 0 Å². The lowest BCUT2D eigenvalue weighted by atomic mass is 10.2. The predicted octanol–water partition coefficient (Wildman–Crippen LogP) is 3.54. The predicted molar refractivity (Wildman–Crippen MR) is 75.2 cm³/mol. The minimum absolute atomic E-state index is 0.140. The summed E-state index contributed by atoms with van der Waals surface area (Å²) in [7, 11) is 0. The van der Waals surface area contributed by atoms with Gasteiger partial charge in [-0.2, -0.15) is 5.26 Å². The molecule has 1 aromatic carbocycles. The maximum Gasteiger partial charge on any atom is 0.283 e. The quantitative estimate of drug-likeness (QED) is 0.718. The number of rotatable bonds is 4. The average molecular weight is 346 g/mol. The van der Waals surface area contributed by atoms with Gasteiger partial charge in [-0.05, 0) is 52.3 Å². The van der Waals surface area contributed by atoms with Gasteiger partial charge >= 0.3 is 0 Å². The van der Waals surface area contributed by atoms with Crippen molar-refractivity contribution in [3.8, 4) is 23.5 Å². The smallest absolute Gasteiger partial charge is 0.283 e. The Balaban J connectivity index is 1.66. The molecule has 0 saturated heterocycles. The molecule has 0 aliphatic rings. The van der Waals surface area contributed by atoms with E-state index in [0.717, 1.165) is 0 Å². The molecule has 0 bridgehead atoms. The van der Waals surface area contributed by atoms with Crippen molar-refractivity contribution in [1.29, 1.82) is 5.26 Å². The Labute approximate surface area is 128 Å². The van der Waals surface area contributed by atoms with Crippen LogP contribution in [0.5, 0.6) is 5.75 Å². The maximum absolute atomic E-state index is 8.71. The van der Waals surface area contributed by atoms with Gasteiger partial charge in [0.1, 0.15) is 5.75 Å². The maximum atomic E-state index is 8.71. The first-order valence-corrected chi connectivity index (χ1v) is 6.75. The fourth-order valence-electron chi connectivity index (χ4n) is 1.61. The van der Waals surface area contributed by atoms with Gasteiger partial charge in [0.15, 0.2) is 17.0 Å². The zero-order valence-corrected chi connectivity index (χ0v) is 12.2. The Kier molecular flexibility index (Phi) is 3.71. The van der Waals surface area contributed by atoms with Crippen molar-refractivity contribution in [3.05, 3.63) is 52.5 Å². The standard InChI is InChI=1S/C14H8BrN3O3/c15-12-6-5-11(20-12)14-18-17-13(21-14)8-19-10-3-1-9(7-16)2-4-10/h1-6H,8H2. The number of nitriles is 1. The van der Waals surface area contributed by atoms with E-state index in [2.05, 4.69) is 26.1 Å². The van der Waals surface area contributed by atoms with Crippen LogP contribution < -0.4 is 4.74 Å². The second-order valence-electron chi connectivity index (χ2n) is 4.03. The fraction of sp³-hybridized carbons (Fsp3) is 0.0714. The van der Waals surface area contributed by atoms with Crippen LogP contribution in [0.4, 0.5) is 0 Å². The topological polar surface area (TPSA) is 85.1 Å². The Morgan fingerprint density at radius 1 is 1.10 bits per heavy atom. The molecule has 7 heteroatoms. The number of benzene rings is 1. The zero-order chi connectivity index (χ0) is 14.7. The van der Waals surface area contributed by atoms with E-state index in [9.17, 15) is 0 Å². The van der Waals surface area contributed by atoms with Crippen LogP contribution in [0.2, 0.25) is 0 Å². The number of ether oxygens (including phenoxy) is 1. The SMILES string of the molecule is N#Cc1ccc(OCc2nnc(-c3ccc(Br)o3)o2)cc1. The minimum Gasteiger partial charge on any atom is -0.484 e. The van der Waals surface area contributed by atoms with E-state index in [1.807, 2.05) is 6.07 Å². The molecule has 0 radical (unpaired) electrons. The molecular formula is C14H8BrN3O3. The van der Waals surface area contributed by atoms with Crippen LogP contribution in [0.1, 0.15) is 11.5 Å². The third-order valence-corrected chi connectivity index (χ3v) is 3.02. The van der Waals surface area contributed by atoms with E-state index in [4.69, 9.17) is 18.8 Å². The normalized spacial score (nSPS) is 10.3. The number of halogens is 1. The summed E-state index contributed by atoms with van der Waals surface area (Å²) in [4.78, 5) is 0. The molecule has 0 fully saturated rings. The fourth-order valence-corrected chi connectivity index (χ4v) is 1.92. The molecule has 104 valence electrons. The van der Waals surface area contributed by atoms with Crippen molar-refractivity contribution in [2.75, 3.05) is 0 Å². The van der Waals surface area contributed by atoms with Crippen LogP contribution in [0.3, 0.4) is 0 Å². The first-order chi connectivity index (χ1) is 10.2. The summed E-state index contributed by atoms with van der Waals surface area (Å²) in [5.41, 5.74) is 0.575. The lowest BCUT2D eigenvalue weighted by Crippen LogP contribution is -1.95. The molecule has 3 rings (SSSR count). The van der Waals surface area contributed by atoms with Gasteiger partial charge in [0.25, 0.3) is 11.8 Å². The third-order valence-electron chi connectivity index (χ3n) is 2.60. The molecule has 0 aliphatic heterocycles. The second kappa shape index (κ2) is 5.81. The van der Waals surface area contributed by atoms with Gasteiger partial charge in [-0.15, -0.1) is 10.2 Å².